The van der Waals surface area contributed by atoms with Crippen LogP contribution >= 0.6 is 0 Å². The molecule has 1 fully saturated rings. The Labute approximate surface area is 183 Å². The van der Waals surface area contributed by atoms with Crippen LogP contribution in [0.1, 0.15) is 26.2 Å². The largest absolute Gasteiger partial charge is 0.573 e. The van der Waals surface area contributed by atoms with Crippen molar-refractivity contribution in [1.82, 2.24) is 0 Å². The van der Waals surface area contributed by atoms with Gasteiger partial charge in [0.1, 0.15) is 11.6 Å². The molecule has 1 aromatic rings. The van der Waals surface area contributed by atoms with E-state index in [1.165, 1.54) is 18.2 Å². The van der Waals surface area contributed by atoms with Crippen LogP contribution in [0.2, 0.25) is 0 Å². The third-order valence-electron chi connectivity index (χ3n) is 5.75. The molecule has 0 atom stereocenters. The first kappa shape index (κ1) is 22.6. The first-order chi connectivity index (χ1) is 15.3. The second kappa shape index (κ2) is 9.46. The van der Waals surface area contributed by atoms with Crippen molar-refractivity contribution >= 4 is 11.1 Å². The van der Waals surface area contributed by atoms with Crippen molar-refractivity contribution < 1.29 is 31.8 Å². The van der Waals surface area contributed by atoms with Crippen molar-refractivity contribution in [3.05, 3.63) is 82.2 Å². The lowest BCUT2D eigenvalue weighted by Crippen LogP contribution is -2.33. The highest BCUT2D eigenvalue weighted by molar-refractivity contribution is 5.67. The summed E-state index contributed by atoms with van der Waals surface area (Å²) in [5, 5.41) is 1.62. The second-order valence-electron chi connectivity index (χ2n) is 7.95. The molecule has 0 radical (unpaired) electrons. The molecular formula is C25H24F4O3. The van der Waals surface area contributed by atoms with Crippen LogP contribution in [0.15, 0.2) is 71.8 Å². The maximum absolute atomic E-state index is 14.9. The van der Waals surface area contributed by atoms with Gasteiger partial charge in [-0.1, -0.05) is 43.3 Å². The van der Waals surface area contributed by atoms with E-state index in [0.717, 1.165) is 22.4 Å². The van der Waals surface area contributed by atoms with Crippen LogP contribution in [-0.4, -0.2) is 25.9 Å². The van der Waals surface area contributed by atoms with E-state index in [-0.39, 0.29) is 11.6 Å². The highest BCUT2D eigenvalue weighted by Gasteiger charge is 2.31. The summed E-state index contributed by atoms with van der Waals surface area (Å²) in [6.45, 7) is 3.31. The normalized spacial score (nSPS) is 24.1. The zero-order valence-electron chi connectivity index (χ0n) is 17.6. The summed E-state index contributed by atoms with van der Waals surface area (Å²) in [5.41, 5.74) is 2.13. The number of alkyl halides is 3. The van der Waals surface area contributed by atoms with Crippen LogP contribution in [-0.2, 0) is 14.2 Å². The van der Waals surface area contributed by atoms with Gasteiger partial charge in [-0.25, -0.2) is 4.39 Å². The molecule has 1 saturated heterocycles. The van der Waals surface area contributed by atoms with Crippen molar-refractivity contribution in [2.75, 3.05) is 13.2 Å². The topological polar surface area (TPSA) is 27.7 Å². The van der Waals surface area contributed by atoms with Crippen molar-refractivity contribution in [3.63, 3.8) is 0 Å². The molecule has 2 aliphatic carbocycles. The lowest BCUT2D eigenvalue weighted by atomic mass is 9.97. The monoisotopic (exact) mass is 448 g/mol. The average molecular weight is 448 g/mol. The SMILES string of the molecule is CCC1COC(C2=CCC(=c3ccc(=C4C=CC(OC(F)(F)F)=CC4)cc3)C(F)=C2)OC1. The highest BCUT2D eigenvalue weighted by atomic mass is 19.4. The second-order valence-corrected chi connectivity index (χ2v) is 7.95. The summed E-state index contributed by atoms with van der Waals surface area (Å²) in [7, 11) is 0. The van der Waals surface area contributed by atoms with Crippen molar-refractivity contribution in [3.8, 4) is 0 Å². The first-order valence-electron chi connectivity index (χ1n) is 10.6. The maximum atomic E-state index is 14.9. The van der Waals surface area contributed by atoms with E-state index in [1.807, 2.05) is 30.3 Å². The number of hydrogen-bond donors (Lipinski definition) is 0. The van der Waals surface area contributed by atoms with Crippen LogP contribution in [0.3, 0.4) is 0 Å². The Morgan fingerprint density at radius 1 is 0.969 bits per heavy atom. The van der Waals surface area contributed by atoms with Gasteiger partial charge in [-0.2, -0.15) is 0 Å². The fourth-order valence-electron chi connectivity index (χ4n) is 3.84. The minimum absolute atomic E-state index is 0.221. The van der Waals surface area contributed by atoms with Crippen molar-refractivity contribution in [2.45, 2.75) is 38.8 Å². The van der Waals surface area contributed by atoms with Gasteiger partial charge in [-0.15, -0.1) is 13.2 Å². The van der Waals surface area contributed by atoms with Crippen molar-refractivity contribution in [1.29, 1.82) is 0 Å². The standard InChI is InChI=1S/C25H24F4O3/c1-2-16-14-30-24(31-15-16)20-9-12-22(23(26)13-20)19-5-3-17(4-6-19)18-7-10-21(11-8-18)32-25(27,28)29/h3-7,9-11,13,16,24H,2,8,12,14-15H2,1H3. The van der Waals surface area contributed by atoms with Gasteiger partial charge in [0.05, 0.1) is 13.2 Å². The van der Waals surface area contributed by atoms with E-state index < -0.39 is 12.7 Å². The molecule has 0 spiro atoms. The molecular weight excluding hydrogens is 424 g/mol. The van der Waals surface area contributed by atoms with E-state index in [2.05, 4.69) is 11.7 Å². The quantitative estimate of drug-likeness (QED) is 0.613. The first-order valence-corrected chi connectivity index (χ1v) is 10.6. The number of ether oxygens (including phenoxy) is 3. The van der Waals surface area contributed by atoms with Crippen LogP contribution in [0, 0.1) is 5.92 Å². The molecule has 1 heterocycles. The van der Waals surface area contributed by atoms with Gasteiger partial charge in [-0.3, -0.25) is 0 Å². The number of hydrogen-bond acceptors (Lipinski definition) is 3. The average Bonchev–Trinajstić information content (AvgIpc) is 2.79. The minimum Gasteiger partial charge on any atom is -0.406 e. The fraction of sp³-hybridized carbons (Fsp3) is 0.360. The Morgan fingerprint density at radius 2 is 1.66 bits per heavy atom. The minimum atomic E-state index is -4.70. The molecule has 0 aromatic heterocycles. The van der Waals surface area contributed by atoms with E-state index in [9.17, 15) is 17.6 Å². The summed E-state index contributed by atoms with van der Waals surface area (Å²) >= 11 is 0. The summed E-state index contributed by atoms with van der Waals surface area (Å²) in [6.07, 6.45) is 4.18. The molecule has 0 saturated carbocycles. The lowest BCUT2D eigenvalue weighted by molar-refractivity contribution is -0.303. The fourth-order valence-corrected chi connectivity index (χ4v) is 3.84. The molecule has 4 rings (SSSR count). The molecule has 0 N–H and O–H groups in total. The lowest BCUT2D eigenvalue weighted by Gasteiger charge is -2.30. The third kappa shape index (κ3) is 5.40. The van der Waals surface area contributed by atoms with Crippen molar-refractivity contribution in [2.24, 2.45) is 5.92 Å². The number of rotatable bonds is 3. The Kier molecular flexibility index (Phi) is 6.67. The Bertz CT molecular complexity index is 1080. The van der Waals surface area contributed by atoms with Gasteiger partial charge in [0.2, 0.25) is 0 Å². The van der Waals surface area contributed by atoms with Crippen LogP contribution in [0.5, 0.6) is 0 Å². The molecule has 7 heteroatoms. The molecule has 0 bridgehead atoms. The number of allylic oxidation sites excluding steroid dienone is 5. The molecule has 0 amide bonds. The molecule has 1 aromatic carbocycles. The van der Waals surface area contributed by atoms with Gasteiger partial charge in [-0.05, 0) is 59.1 Å². The predicted octanol–water partition coefficient (Wildman–Crippen LogP) is 4.95. The molecule has 3 nitrogen and oxygen atoms in total. The van der Waals surface area contributed by atoms with Gasteiger partial charge in [0.25, 0.3) is 0 Å². The van der Waals surface area contributed by atoms with Gasteiger partial charge >= 0.3 is 6.36 Å². The molecule has 3 aliphatic rings. The summed E-state index contributed by atoms with van der Waals surface area (Å²) in [6, 6.07) is 7.33. The number of benzene rings is 1. The smallest absolute Gasteiger partial charge is 0.406 e. The zero-order valence-corrected chi connectivity index (χ0v) is 17.6. The summed E-state index contributed by atoms with van der Waals surface area (Å²) in [5.74, 6) is -0.162. The summed E-state index contributed by atoms with van der Waals surface area (Å²) < 4.78 is 67.2. The Balaban J connectivity index is 1.48. The van der Waals surface area contributed by atoms with Gasteiger partial charge in [0, 0.05) is 11.5 Å². The zero-order chi connectivity index (χ0) is 22.7. The molecule has 170 valence electrons. The summed E-state index contributed by atoms with van der Waals surface area (Å²) in [4.78, 5) is 0. The Hall–Kier alpha value is -2.64. The van der Waals surface area contributed by atoms with Crippen LogP contribution < -0.4 is 10.4 Å². The van der Waals surface area contributed by atoms with Gasteiger partial charge in [0.15, 0.2) is 6.29 Å². The van der Waals surface area contributed by atoms with E-state index >= 15 is 0 Å². The van der Waals surface area contributed by atoms with E-state index in [4.69, 9.17) is 9.47 Å². The maximum Gasteiger partial charge on any atom is 0.573 e. The molecule has 1 aliphatic heterocycles. The highest BCUT2D eigenvalue weighted by Crippen LogP contribution is 2.29. The molecule has 32 heavy (non-hydrogen) atoms. The van der Waals surface area contributed by atoms with Crippen LogP contribution in [0.4, 0.5) is 17.6 Å². The van der Waals surface area contributed by atoms with Crippen LogP contribution in [0.25, 0.3) is 11.1 Å². The third-order valence-corrected chi connectivity index (χ3v) is 5.75. The Morgan fingerprint density at radius 3 is 2.22 bits per heavy atom. The van der Waals surface area contributed by atoms with E-state index in [0.29, 0.717) is 43.1 Å². The molecule has 0 unspecified atom stereocenters. The number of halogens is 4. The predicted molar refractivity (Wildman–Crippen MR) is 113 cm³/mol. The van der Waals surface area contributed by atoms with Gasteiger partial charge < -0.3 is 14.2 Å². The van der Waals surface area contributed by atoms with E-state index in [1.54, 1.807) is 6.08 Å².